The fraction of sp³-hybridized carbons (Fsp3) is 0.222. The minimum Gasteiger partial charge on any atom is -0.325 e. The molecular weight excluding hydrogens is 278 g/mol. The van der Waals surface area contributed by atoms with Crippen molar-refractivity contribution in [3.63, 3.8) is 0 Å². The number of hydrogen-bond donors (Lipinski definition) is 2. The zero-order chi connectivity index (χ0) is 12.3. The van der Waals surface area contributed by atoms with Gasteiger partial charge in [0.15, 0.2) is 0 Å². The molecule has 7 heteroatoms. The van der Waals surface area contributed by atoms with E-state index in [9.17, 15) is 14.9 Å². The van der Waals surface area contributed by atoms with Crippen LogP contribution in [-0.2, 0) is 4.79 Å². The Kier molecular flexibility index (Phi) is 3.97. The van der Waals surface area contributed by atoms with Crippen molar-refractivity contribution in [2.75, 3.05) is 5.32 Å². The van der Waals surface area contributed by atoms with Crippen molar-refractivity contribution < 1.29 is 9.72 Å². The summed E-state index contributed by atoms with van der Waals surface area (Å²) in [5, 5.41) is 13.1. The van der Waals surface area contributed by atoms with Crippen LogP contribution in [0.15, 0.2) is 22.7 Å². The Bertz CT molecular complexity index is 434. The fourth-order valence-corrected chi connectivity index (χ4v) is 1.51. The first-order valence-electron chi connectivity index (χ1n) is 4.42. The van der Waals surface area contributed by atoms with Crippen LogP contribution in [0.3, 0.4) is 0 Å². The number of amides is 1. The third-order valence-corrected chi connectivity index (χ3v) is 2.46. The molecule has 1 unspecified atom stereocenters. The van der Waals surface area contributed by atoms with Gasteiger partial charge in [-0.25, -0.2) is 0 Å². The summed E-state index contributed by atoms with van der Waals surface area (Å²) in [5.74, 6) is -0.347. The molecular formula is C9H10BrN3O3. The van der Waals surface area contributed by atoms with Gasteiger partial charge in [-0.3, -0.25) is 14.9 Å². The van der Waals surface area contributed by atoms with Crippen molar-refractivity contribution in [3.05, 3.63) is 32.8 Å². The number of nitrogens with zero attached hydrogens (tertiary/aromatic N) is 1. The summed E-state index contributed by atoms with van der Waals surface area (Å²) in [6, 6.07) is 3.58. The van der Waals surface area contributed by atoms with Gasteiger partial charge in [-0.05, 0) is 35.0 Å². The predicted octanol–water partition coefficient (Wildman–Crippen LogP) is 1.64. The highest BCUT2D eigenvalue weighted by Crippen LogP contribution is 2.27. The Morgan fingerprint density at radius 1 is 1.62 bits per heavy atom. The summed E-state index contributed by atoms with van der Waals surface area (Å²) in [6.45, 7) is 1.55. The minimum atomic E-state index is -0.631. The highest BCUT2D eigenvalue weighted by Gasteiger charge is 2.13. The van der Waals surface area contributed by atoms with Gasteiger partial charge in [-0.15, -0.1) is 0 Å². The van der Waals surface area contributed by atoms with Gasteiger partial charge in [0.1, 0.15) is 0 Å². The van der Waals surface area contributed by atoms with E-state index in [2.05, 4.69) is 21.2 Å². The highest BCUT2D eigenvalue weighted by atomic mass is 79.9. The van der Waals surface area contributed by atoms with Gasteiger partial charge in [-0.1, -0.05) is 0 Å². The number of hydrogen-bond acceptors (Lipinski definition) is 4. The second-order valence-electron chi connectivity index (χ2n) is 3.20. The molecule has 0 radical (unpaired) electrons. The van der Waals surface area contributed by atoms with Crippen LogP contribution in [0, 0.1) is 10.1 Å². The number of anilines is 1. The Labute approximate surface area is 100 Å². The van der Waals surface area contributed by atoms with E-state index in [0.717, 1.165) is 0 Å². The van der Waals surface area contributed by atoms with Crippen LogP contribution in [0.25, 0.3) is 0 Å². The zero-order valence-corrected chi connectivity index (χ0v) is 10.0. The van der Waals surface area contributed by atoms with Crippen LogP contribution in [0.2, 0.25) is 0 Å². The lowest BCUT2D eigenvalue weighted by Gasteiger charge is -2.07. The largest absolute Gasteiger partial charge is 0.325 e. The summed E-state index contributed by atoms with van der Waals surface area (Å²) in [6.07, 6.45) is 0. The van der Waals surface area contributed by atoms with Crippen molar-refractivity contribution in [1.29, 1.82) is 0 Å². The zero-order valence-electron chi connectivity index (χ0n) is 8.44. The lowest BCUT2D eigenvalue weighted by molar-refractivity contribution is -0.385. The van der Waals surface area contributed by atoms with Gasteiger partial charge < -0.3 is 11.1 Å². The highest BCUT2D eigenvalue weighted by molar-refractivity contribution is 9.10. The summed E-state index contributed by atoms with van der Waals surface area (Å²) in [5.41, 5.74) is 5.77. The number of nitrogens with two attached hydrogens (primary N) is 1. The number of carbonyl (C=O) groups excluding carboxylic acids is 1. The maximum Gasteiger partial charge on any atom is 0.283 e. The molecule has 0 saturated heterocycles. The molecule has 1 aromatic carbocycles. The molecule has 0 aliphatic carbocycles. The molecule has 0 aliphatic heterocycles. The average Bonchev–Trinajstić information content (AvgIpc) is 2.16. The molecule has 0 heterocycles. The number of benzene rings is 1. The number of rotatable bonds is 3. The maximum absolute atomic E-state index is 11.3. The Balaban J connectivity index is 2.90. The fourth-order valence-electron chi connectivity index (χ4n) is 0.989. The van der Waals surface area contributed by atoms with Gasteiger partial charge in [0.25, 0.3) is 5.69 Å². The maximum atomic E-state index is 11.3. The summed E-state index contributed by atoms with van der Waals surface area (Å²) >= 11 is 3.05. The van der Waals surface area contributed by atoms with Gasteiger partial charge in [-0.2, -0.15) is 0 Å². The molecule has 16 heavy (non-hydrogen) atoms. The smallest absolute Gasteiger partial charge is 0.283 e. The third-order valence-electron chi connectivity index (χ3n) is 1.83. The molecule has 0 fully saturated rings. The molecule has 86 valence electrons. The van der Waals surface area contributed by atoms with E-state index in [-0.39, 0.29) is 11.6 Å². The van der Waals surface area contributed by atoms with Gasteiger partial charge in [0.2, 0.25) is 5.91 Å². The van der Waals surface area contributed by atoms with Crippen LogP contribution in [0.1, 0.15) is 6.92 Å². The molecule has 0 aliphatic rings. The topological polar surface area (TPSA) is 98.3 Å². The Morgan fingerprint density at radius 2 is 2.25 bits per heavy atom. The number of nitrogens with one attached hydrogen (secondary N) is 1. The lowest BCUT2D eigenvalue weighted by atomic mass is 10.2. The third kappa shape index (κ3) is 3.01. The first kappa shape index (κ1) is 12.6. The second-order valence-corrected chi connectivity index (χ2v) is 4.06. The summed E-state index contributed by atoms with van der Waals surface area (Å²) < 4.78 is 0.306. The summed E-state index contributed by atoms with van der Waals surface area (Å²) in [7, 11) is 0. The van der Waals surface area contributed by atoms with Crippen molar-refractivity contribution in [3.8, 4) is 0 Å². The van der Waals surface area contributed by atoms with Crippen LogP contribution in [-0.4, -0.2) is 16.9 Å². The summed E-state index contributed by atoms with van der Waals surface area (Å²) in [4.78, 5) is 21.3. The van der Waals surface area contributed by atoms with Crippen LogP contribution in [0.4, 0.5) is 11.4 Å². The van der Waals surface area contributed by atoms with E-state index in [0.29, 0.717) is 10.2 Å². The first-order valence-corrected chi connectivity index (χ1v) is 5.21. The molecule has 1 atom stereocenters. The van der Waals surface area contributed by atoms with Crippen molar-refractivity contribution in [2.24, 2.45) is 5.73 Å². The number of carbonyl (C=O) groups is 1. The Hall–Kier alpha value is -1.47. The second kappa shape index (κ2) is 5.04. The lowest BCUT2D eigenvalue weighted by Crippen LogP contribution is -2.32. The van der Waals surface area contributed by atoms with Crippen LogP contribution >= 0.6 is 15.9 Å². The minimum absolute atomic E-state index is 0.0567. The van der Waals surface area contributed by atoms with E-state index in [1.807, 2.05) is 0 Å². The predicted molar refractivity (Wildman–Crippen MR) is 63.1 cm³/mol. The molecule has 0 saturated carbocycles. The molecule has 1 aromatic rings. The first-order chi connectivity index (χ1) is 7.41. The van der Waals surface area contributed by atoms with Gasteiger partial charge in [0.05, 0.1) is 15.4 Å². The van der Waals surface area contributed by atoms with Crippen molar-refractivity contribution in [1.82, 2.24) is 0 Å². The van der Waals surface area contributed by atoms with E-state index in [1.54, 1.807) is 6.92 Å². The standard InChI is InChI=1S/C9H10BrN3O3/c1-5(11)9(14)12-6-2-3-8(13(15)16)7(10)4-6/h2-5H,11H2,1H3,(H,12,14). The van der Waals surface area contributed by atoms with E-state index in [4.69, 9.17) is 5.73 Å². The molecule has 6 nitrogen and oxygen atoms in total. The van der Waals surface area contributed by atoms with Crippen LogP contribution in [0.5, 0.6) is 0 Å². The molecule has 0 aromatic heterocycles. The Morgan fingerprint density at radius 3 is 2.69 bits per heavy atom. The number of nitro groups is 1. The SMILES string of the molecule is CC(N)C(=O)Nc1ccc([N+](=O)[O-])c(Br)c1. The van der Waals surface area contributed by atoms with E-state index in [1.165, 1.54) is 18.2 Å². The average molecular weight is 288 g/mol. The molecule has 0 bridgehead atoms. The number of nitro benzene ring substituents is 1. The van der Waals surface area contributed by atoms with E-state index >= 15 is 0 Å². The number of halogens is 1. The van der Waals surface area contributed by atoms with Gasteiger partial charge >= 0.3 is 0 Å². The molecule has 0 spiro atoms. The van der Waals surface area contributed by atoms with Crippen molar-refractivity contribution >= 4 is 33.2 Å². The van der Waals surface area contributed by atoms with Crippen LogP contribution < -0.4 is 11.1 Å². The van der Waals surface area contributed by atoms with Gasteiger partial charge in [0, 0.05) is 11.8 Å². The van der Waals surface area contributed by atoms with Crippen molar-refractivity contribution in [2.45, 2.75) is 13.0 Å². The monoisotopic (exact) mass is 287 g/mol. The van der Waals surface area contributed by atoms with E-state index < -0.39 is 11.0 Å². The quantitative estimate of drug-likeness (QED) is 0.652. The molecule has 3 N–H and O–H groups in total. The molecule has 1 rings (SSSR count). The molecule has 1 amide bonds. The normalized spacial score (nSPS) is 11.9.